The number of pyridine rings is 1. The van der Waals surface area contributed by atoms with Gasteiger partial charge in [-0.3, -0.25) is 4.79 Å². The van der Waals surface area contributed by atoms with Gasteiger partial charge in [0.1, 0.15) is 0 Å². The maximum Gasteiger partial charge on any atom is 0.286 e. The van der Waals surface area contributed by atoms with Crippen molar-refractivity contribution >= 4 is 22.7 Å². The third kappa shape index (κ3) is 2.52. The van der Waals surface area contributed by atoms with Crippen LogP contribution in [0.3, 0.4) is 0 Å². The van der Waals surface area contributed by atoms with Gasteiger partial charge in [-0.2, -0.15) is 0 Å². The molecule has 0 amide bonds. The Bertz CT molecular complexity index is 1040. The molecule has 116 valence electrons. The van der Waals surface area contributed by atoms with Gasteiger partial charge in [0.25, 0.3) is 5.56 Å². The Morgan fingerprint density at radius 2 is 1.54 bits per heavy atom. The molecule has 2 heterocycles. The number of hydrogen-bond acceptors (Lipinski definition) is 4. The standard InChI is InChI=1S/C19H14N4O/c24-18-17-16(12-7-13-20-17)22-19(21-14-8-3-1-4-9-14)23(18)15-10-5-2-6-11-15/h1-13H,(H,21,22). The van der Waals surface area contributed by atoms with Gasteiger partial charge in [-0.1, -0.05) is 36.4 Å². The summed E-state index contributed by atoms with van der Waals surface area (Å²) < 4.78 is 1.54. The molecule has 2 aromatic carbocycles. The van der Waals surface area contributed by atoms with Crippen LogP contribution in [0.15, 0.2) is 83.8 Å². The van der Waals surface area contributed by atoms with Gasteiger partial charge in [0.15, 0.2) is 5.52 Å². The Labute approximate surface area is 138 Å². The average molecular weight is 314 g/mol. The van der Waals surface area contributed by atoms with Crippen LogP contribution in [0.2, 0.25) is 0 Å². The van der Waals surface area contributed by atoms with E-state index in [9.17, 15) is 4.79 Å². The summed E-state index contributed by atoms with van der Waals surface area (Å²) in [6.07, 6.45) is 1.60. The number of aromatic nitrogens is 3. The molecule has 0 spiro atoms. The first-order chi connectivity index (χ1) is 11.8. The molecule has 24 heavy (non-hydrogen) atoms. The number of rotatable bonds is 3. The molecule has 0 aliphatic carbocycles. The van der Waals surface area contributed by atoms with Crippen LogP contribution in [0.1, 0.15) is 0 Å². The van der Waals surface area contributed by atoms with Crippen molar-refractivity contribution in [1.29, 1.82) is 0 Å². The van der Waals surface area contributed by atoms with E-state index in [1.54, 1.807) is 22.9 Å². The Balaban J connectivity index is 1.98. The molecule has 0 aliphatic rings. The minimum atomic E-state index is -0.203. The third-order valence-electron chi connectivity index (χ3n) is 3.67. The fourth-order valence-electron chi connectivity index (χ4n) is 2.57. The van der Waals surface area contributed by atoms with E-state index in [0.29, 0.717) is 17.0 Å². The summed E-state index contributed by atoms with van der Waals surface area (Å²) in [7, 11) is 0. The van der Waals surface area contributed by atoms with Crippen LogP contribution in [-0.2, 0) is 0 Å². The molecule has 1 N–H and O–H groups in total. The molecule has 0 atom stereocenters. The van der Waals surface area contributed by atoms with E-state index in [4.69, 9.17) is 0 Å². The lowest BCUT2D eigenvalue weighted by Crippen LogP contribution is -2.23. The number of benzene rings is 2. The molecule has 0 fully saturated rings. The predicted octanol–water partition coefficient (Wildman–Crippen LogP) is 3.52. The minimum absolute atomic E-state index is 0.203. The monoisotopic (exact) mass is 314 g/mol. The number of nitrogens with zero attached hydrogens (tertiary/aromatic N) is 3. The summed E-state index contributed by atoms with van der Waals surface area (Å²) >= 11 is 0. The van der Waals surface area contributed by atoms with E-state index in [0.717, 1.165) is 11.4 Å². The van der Waals surface area contributed by atoms with Crippen molar-refractivity contribution in [3.63, 3.8) is 0 Å². The van der Waals surface area contributed by atoms with Crippen LogP contribution in [0, 0.1) is 0 Å². The lowest BCUT2D eigenvalue weighted by atomic mass is 10.3. The zero-order valence-electron chi connectivity index (χ0n) is 12.8. The molecule has 5 nitrogen and oxygen atoms in total. The number of hydrogen-bond donors (Lipinski definition) is 1. The van der Waals surface area contributed by atoms with Gasteiger partial charge in [0.2, 0.25) is 5.95 Å². The summed E-state index contributed by atoms with van der Waals surface area (Å²) in [4.78, 5) is 21.7. The van der Waals surface area contributed by atoms with Gasteiger partial charge in [-0.05, 0) is 36.4 Å². The fraction of sp³-hybridized carbons (Fsp3) is 0. The molecule has 0 aliphatic heterocycles. The first-order valence-corrected chi connectivity index (χ1v) is 7.58. The molecule has 0 bridgehead atoms. The van der Waals surface area contributed by atoms with Crippen molar-refractivity contribution in [2.24, 2.45) is 0 Å². The molecule has 4 aromatic rings. The van der Waals surface area contributed by atoms with Crippen molar-refractivity contribution in [3.8, 4) is 5.69 Å². The first-order valence-electron chi connectivity index (χ1n) is 7.58. The largest absolute Gasteiger partial charge is 0.325 e. The van der Waals surface area contributed by atoms with Crippen molar-refractivity contribution in [2.75, 3.05) is 5.32 Å². The molecule has 5 heteroatoms. The van der Waals surface area contributed by atoms with Crippen molar-refractivity contribution < 1.29 is 0 Å². The Morgan fingerprint density at radius 3 is 2.29 bits per heavy atom. The highest BCUT2D eigenvalue weighted by Gasteiger charge is 2.13. The second-order valence-electron chi connectivity index (χ2n) is 5.27. The van der Waals surface area contributed by atoms with Gasteiger partial charge in [-0.25, -0.2) is 14.5 Å². The third-order valence-corrected chi connectivity index (χ3v) is 3.67. The van der Waals surface area contributed by atoms with Crippen molar-refractivity contribution in [2.45, 2.75) is 0 Å². The van der Waals surface area contributed by atoms with E-state index < -0.39 is 0 Å². The molecule has 0 saturated carbocycles. The molecule has 2 aromatic heterocycles. The predicted molar refractivity (Wildman–Crippen MR) is 94.9 cm³/mol. The quantitative estimate of drug-likeness (QED) is 0.628. The van der Waals surface area contributed by atoms with Gasteiger partial charge in [0, 0.05) is 11.9 Å². The maximum atomic E-state index is 13.0. The number of anilines is 2. The summed E-state index contributed by atoms with van der Waals surface area (Å²) in [5.41, 5.74) is 2.30. The Kier molecular flexibility index (Phi) is 3.51. The van der Waals surface area contributed by atoms with Crippen LogP contribution in [0.5, 0.6) is 0 Å². The van der Waals surface area contributed by atoms with Crippen LogP contribution in [-0.4, -0.2) is 14.5 Å². The Morgan fingerprint density at radius 1 is 0.833 bits per heavy atom. The van der Waals surface area contributed by atoms with Crippen LogP contribution >= 0.6 is 0 Å². The highest BCUT2D eigenvalue weighted by Crippen LogP contribution is 2.19. The van der Waals surface area contributed by atoms with E-state index in [1.807, 2.05) is 60.7 Å². The normalized spacial score (nSPS) is 10.7. The second-order valence-corrected chi connectivity index (χ2v) is 5.27. The van der Waals surface area contributed by atoms with Crippen molar-refractivity contribution in [3.05, 3.63) is 89.3 Å². The summed E-state index contributed by atoms with van der Waals surface area (Å²) in [5.74, 6) is 0.456. The van der Waals surface area contributed by atoms with Crippen LogP contribution in [0.4, 0.5) is 11.6 Å². The van der Waals surface area contributed by atoms with Gasteiger partial charge in [-0.15, -0.1) is 0 Å². The highest BCUT2D eigenvalue weighted by atomic mass is 16.1. The smallest absolute Gasteiger partial charge is 0.286 e. The van der Waals surface area contributed by atoms with Gasteiger partial charge < -0.3 is 5.32 Å². The van der Waals surface area contributed by atoms with Crippen LogP contribution in [0.25, 0.3) is 16.7 Å². The van der Waals surface area contributed by atoms with E-state index >= 15 is 0 Å². The zero-order valence-corrected chi connectivity index (χ0v) is 12.8. The van der Waals surface area contributed by atoms with E-state index in [-0.39, 0.29) is 5.56 Å². The molecule has 0 unspecified atom stereocenters. The molecule has 4 rings (SSSR count). The van der Waals surface area contributed by atoms with Crippen LogP contribution < -0.4 is 10.9 Å². The summed E-state index contributed by atoms with van der Waals surface area (Å²) in [5, 5.41) is 3.23. The molecular weight excluding hydrogens is 300 g/mol. The first kappa shape index (κ1) is 14.1. The summed E-state index contributed by atoms with van der Waals surface area (Å²) in [6, 6.07) is 22.6. The zero-order chi connectivity index (χ0) is 16.4. The fourth-order valence-corrected chi connectivity index (χ4v) is 2.57. The molecular formula is C19H14N4O. The molecule has 0 saturated heterocycles. The summed E-state index contributed by atoms with van der Waals surface area (Å²) in [6.45, 7) is 0. The minimum Gasteiger partial charge on any atom is -0.325 e. The lowest BCUT2D eigenvalue weighted by Gasteiger charge is -2.14. The van der Waals surface area contributed by atoms with Gasteiger partial charge >= 0.3 is 0 Å². The molecule has 0 radical (unpaired) electrons. The lowest BCUT2D eigenvalue weighted by molar-refractivity contribution is 0.966. The Hall–Kier alpha value is -3.47. The number of fused-ring (bicyclic) bond motifs is 1. The SMILES string of the molecule is O=c1c2ncccc2nc(Nc2ccccc2)n1-c1ccccc1. The number of nitrogens with one attached hydrogen (secondary N) is 1. The van der Waals surface area contributed by atoms with E-state index in [2.05, 4.69) is 15.3 Å². The maximum absolute atomic E-state index is 13.0. The average Bonchev–Trinajstić information content (AvgIpc) is 2.64. The highest BCUT2D eigenvalue weighted by molar-refractivity contribution is 5.75. The van der Waals surface area contributed by atoms with E-state index in [1.165, 1.54) is 0 Å². The van der Waals surface area contributed by atoms with Crippen molar-refractivity contribution in [1.82, 2.24) is 14.5 Å². The van der Waals surface area contributed by atoms with Gasteiger partial charge in [0.05, 0.1) is 11.2 Å². The topological polar surface area (TPSA) is 59.8 Å². The number of para-hydroxylation sites is 2. The second kappa shape index (κ2) is 5.96.